The van der Waals surface area contributed by atoms with Crippen molar-refractivity contribution in [2.45, 2.75) is 51.2 Å². The maximum absolute atomic E-state index is 12.0. The highest BCUT2D eigenvalue weighted by atomic mass is 19.4. The first-order valence-electron chi connectivity index (χ1n) is 5.13. The van der Waals surface area contributed by atoms with Crippen LogP contribution < -0.4 is 0 Å². The molecule has 0 saturated carbocycles. The smallest absolute Gasteiger partial charge is 0.416 e. The molecule has 20 heavy (non-hydrogen) atoms. The summed E-state index contributed by atoms with van der Waals surface area (Å²) in [5, 5.41) is 16.3. The van der Waals surface area contributed by atoms with Crippen molar-refractivity contribution in [1.82, 2.24) is 0 Å². The van der Waals surface area contributed by atoms with Gasteiger partial charge in [0, 0.05) is 0 Å². The molecular formula is C10H16F6O4. The summed E-state index contributed by atoms with van der Waals surface area (Å²) in [5.74, 6) is -1.42. The number of aliphatic hydroxyl groups is 1. The van der Waals surface area contributed by atoms with Crippen LogP contribution in [0, 0.1) is 0 Å². The molecule has 0 atom stereocenters. The van der Waals surface area contributed by atoms with E-state index in [-0.39, 0.29) is 0 Å². The molecule has 4 nitrogen and oxygen atoms in total. The van der Waals surface area contributed by atoms with Gasteiger partial charge in [-0.2, -0.15) is 26.3 Å². The molecule has 2 N–H and O–H groups in total. The van der Waals surface area contributed by atoms with E-state index in [9.17, 15) is 31.1 Å². The first-order chi connectivity index (χ1) is 8.42. The van der Waals surface area contributed by atoms with Gasteiger partial charge in [-0.3, -0.25) is 0 Å². The summed E-state index contributed by atoms with van der Waals surface area (Å²) in [7, 11) is 0. The fraction of sp³-hybridized carbons (Fsp3) is 0.900. The van der Waals surface area contributed by atoms with Crippen molar-refractivity contribution in [1.29, 1.82) is 0 Å². The summed E-state index contributed by atoms with van der Waals surface area (Å²) >= 11 is 0. The lowest BCUT2D eigenvalue weighted by Crippen LogP contribution is -2.42. The Bertz CT molecular complexity index is 301. The van der Waals surface area contributed by atoms with Gasteiger partial charge in [0.05, 0.1) is 0 Å². The Kier molecular flexibility index (Phi) is 7.04. The van der Waals surface area contributed by atoms with Crippen LogP contribution in [0.3, 0.4) is 0 Å². The molecule has 0 amide bonds. The second kappa shape index (κ2) is 6.61. The highest BCUT2D eigenvalue weighted by Gasteiger charge is 2.48. The number of hydrogen-bond acceptors (Lipinski definition) is 3. The zero-order valence-electron chi connectivity index (χ0n) is 11.2. The molecule has 0 aromatic carbocycles. The van der Waals surface area contributed by atoms with E-state index in [1.807, 2.05) is 0 Å². The van der Waals surface area contributed by atoms with Crippen LogP contribution in [0.15, 0.2) is 0 Å². The Balaban J connectivity index is 0. The third-order valence-corrected chi connectivity index (χ3v) is 1.93. The lowest BCUT2D eigenvalue weighted by Gasteiger charge is -2.26. The highest BCUT2D eigenvalue weighted by molar-refractivity contribution is 5.68. The van der Waals surface area contributed by atoms with Gasteiger partial charge < -0.3 is 14.9 Å². The summed E-state index contributed by atoms with van der Waals surface area (Å²) < 4.78 is 74.0. The average Bonchev–Trinajstić information content (AvgIpc) is 2.10. The van der Waals surface area contributed by atoms with E-state index in [4.69, 9.17) is 10.2 Å². The second-order valence-electron chi connectivity index (χ2n) is 4.75. The maximum atomic E-state index is 12.0. The molecule has 0 aliphatic rings. The number of carboxylic acids is 1. The van der Waals surface area contributed by atoms with Crippen molar-refractivity contribution in [3.8, 4) is 0 Å². The molecule has 0 unspecified atom stereocenters. The molecule has 0 aliphatic heterocycles. The van der Waals surface area contributed by atoms with Crippen LogP contribution in [-0.2, 0) is 9.53 Å². The fourth-order valence-corrected chi connectivity index (χ4v) is 0.324. The van der Waals surface area contributed by atoms with Gasteiger partial charge in [0.25, 0.3) is 0 Å². The van der Waals surface area contributed by atoms with Gasteiger partial charge in [0.15, 0.2) is 11.2 Å². The van der Waals surface area contributed by atoms with E-state index in [1.54, 1.807) is 0 Å². The summed E-state index contributed by atoms with van der Waals surface area (Å²) in [4.78, 5) is 9.88. The molecule has 0 spiro atoms. The van der Waals surface area contributed by atoms with Crippen LogP contribution >= 0.6 is 0 Å². The molecule has 0 saturated heterocycles. The number of alkyl halides is 6. The Morgan fingerprint density at radius 1 is 0.950 bits per heavy atom. The predicted octanol–water partition coefficient (Wildman–Crippen LogP) is 2.75. The van der Waals surface area contributed by atoms with Crippen LogP contribution in [0.4, 0.5) is 26.3 Å². The average molecular weight is 314 g/mol. The quantitative estimate of drug-likeness (QED) is 0.786. The van der Waals surface area contributed by atoms with Gasteiger partial charge in [-0.25, -0.2) is 4.79 Å². The van der Waals surface area contributed by atoms with Crippen LogP contribution in [0.1, 0.15) is 27.7 Å². The van der Waals surface area contributed by atoms with Gasteiger partial charge in [0.1, 0.15) is 6.61 Å². The van der Waals surface area contributed by atoms with Crippen molar-refractivity contribution in [3.05, 3.63) is 0 Å². The van der Waals surface area contributed by atoms with E-state index in [0.29, 0.717) is 13.8 Å². The number of halogens is 6. The first-order valence-corrected chi connectivity index (χ1v) is 5.13. The lowest BCUT2D eigenvalue weighted by atomic mass is 10.1. The molecule has 10 heteroatoms. The van der Waals surface area contributed by atoms with Crippen LogP contribution in [0.5, 0.6) is 0 Å². The van der Waals surface area contributed by atoms with Gasteiger partial charge in [-0.05, 0) is 27.7 Å². The van der Waals surface area contributed by atoms with Crippen molar-refractivity contribution in [2.75, 3.05) is 6.61 Å². The molecule has 0 bridgehead atoms. The SMILES string of the molecule is CC(C)(O)C(F)(F)F.CC(C)(OCC(=O)O)C(F)(F)F. The minimum absolute atomic E-state index is 0.701. The van der Waals surface area contributed by atoms with Crippen molar-refractivity contribution in [2.24, 2.45) is 0 Å². The van der Waals surface area contributed by atoms with Crippen LogP contribution in [0.2, 0.25) is 0 Å². The monoisotopic (exact) mass is 314 g/mol. The highest BCUT2D eigenvalue weighted by Crippen LogP contribution is 2.32. The third-order valence-electron chi connectivity index (χ3n) is 1.93. The second-order valence-corrected chi connectivity index (χ2v) is 4.75. The summed E-state index contributed by atoms with van der Waals surface area (Å²) in [6.45, 7) is 2.00. The van der Waals surface area contributed by atoms with E-state index in [0.717, 1.165) is 13.8 Å². The normalized spacial score (nSPS) is 13.6. The number of ether oxygens (including phenoxy) is 1. The van der Waals surface area contributed by atoms with Crippen LogP contribution in [-0.4, -0.2) is 46.3 Å². The molecule has 0 aromatic heterocycles. The Hall–Kier alpha value is -1.03. The minimum Gasteiger partial charge on any atom is -0.480 e. The summed E-state index contributed by atoms with van der Waals surface area (Å²) in [6, 6.07) is 0. The van der Waals surface area contributed by atoms with Gasteiger partial charge in [0.2, 0.25) is 0 Å². The standard InChI is InChI=1S/C6H9F3O3.C4H7F3O/c1-5(2,6(7,8)9)12-3-4(10)11;1-3(2,8)4(5,6)7/h3H2,1-2H3,(H,10,11);8H,1-2H3. The molecule has 0 heterocycles. The third kappa shape index (κ3) is 8.20. The van der Waals surface area contributed by atoms with E-state index in [2.05, 4.69) is 4.74 Å². The largest absolute Gasteiger partial charge is 0.480 e. The number of carbonyl (C=O) groups is 1. The zero-order valence-corrected chi connectivity index (χ0v) is 11.2. The predicted molar refractivity (Wildman–Crippen MR) is 56.1 cm³/mol. The van der Waals surface area contributed by atoms with E-state index in [1.165, 1.54) is 0 Å². The fourth-order valence-electron chi connectivity index (χ4n) is 0.324. The van der Waals surface area contributed by atoms with Gasteiger partial charge in [-0.15, -0.1) is 0 Å². The number of hydrogen-bond donors (Lipinski definition) is 2. The Morgan fingerprint density at radius 3 is 1.40 bits per heavy atom. The molecule has 0 aliphatic carbocycles. The minimum atomic E-state index is -4.55. The van der Waals surface area contributed by atoms with Crippen molar-refractivity contribution in [3.63, 3.8) is 0 Å². The number of rotatable bonds is 3. The molecule has 0 rings (SSSR count). The van der Waals surface area contributed by atoms with E-state index >= 15 is 0 Å². The van der Waals surface area contributed by atoms with Gasteiger partial charge in [-0.1, -0.05) is 0 Å². The van der Waals surface area contributed by atoms with E-state index < -0.39 is 36.1 Å². The number of carboxylic acid groups (broad SMARTS) is 1. The number of aliphatic carboxylic acids is 1. The summed E-state index contributed by atoms with van der Waals surface area (Å²) in [6.07, 6.45) is -9.06. The maximum Gasteiger partial charge on any atom is 0.416 e. The summed E-state index contributed by atoms with van der Waals surface area (Å²) in [5.41, 5.74) is -4.97. The molecule has 122 valence electrons. The topological polar surface area (TPSA) is 66.8 Å². The Morgan fingerprint density at radius 2 is 1.25 bits per heavy atom. The Labute approximate surface area is 111 Å². The molecule has 0 radical (unpaired) electrons. The first kappa shape index (κ1) is 21.3. The molecule has 0 aromatic rings. The zero-order chi connectivity index (χ0) is 17.0. The van der Waals surface area contributed by atoms with Crippen molar-refractivity contribution >= 4 is 5.97 Å². The molecule has 0 fully saturated rings. The van der Waals surface area contributed by atoms with Crippen molar-refractivity contribution < 1.29 is 46.1 Å². The lowest BCUT2D eigenvalue weighted by molar-refractivity contribution is -0.263. The molecular weight excluding hydrogens is 298 g/mol. The van der Waals surface area contributed by atoms with Crippen LogP contribution in [0.25, 0.3) is 0 Å². The van der Waals surface area contributed by atoms with Gasteiger partial charge >= 0.3 is 18.3 Å².